The van der Waals surface area contributed by atoms with Crippen molar-refractivity contribution in [1.82, 2.24) is 29.8 Å². The van der Waals surface area contributed by atoms with Crippen LogP contribution in [0.2, 0.25) is 0 Å². The van der Waals surface area contributed by atoms with Crippen LogP contribution in [0.15, 0.2) is 47.5 Å². The lowest BCUT2D eigenvalue weighted by Gasteiger charge is -2.29. The lowest BCUT2D eigenvalue weighted by molar-refractivity contribution is 0.121. The number of fused-ring (bicyclic) bond motifs is 1. The van der Waals surface area contributed by atoms with Gasteiger partial charge in [-0.1, -0.05) is 18.2 Å². The van der Waals surface area contributed by atoms with Crippen molar-refractivity contribution in [2.75, 3.05) is 36.5 Å². The zero-order valence-electron chi connectivity index (χ0n) is 18.9. The lowest BCUT2D eigenvalue weighted by atomic mass is 10.0. The number of nitrogens with one attached hydrogen (secondary N) is 1. The average molecular weight is 447 g/mol. The van der Waals surface area contributed by atoms with Crippen molar-refractivity contribution >= 4 is 22.5 Å². The Kier molecular flexibility index (Phi) is 5.51. The molecule has 0 spiro atoms. The molecule has 170 valence electrons. The zero-order chi connectivity index (χ0) is 22.9. The standard InChI is InChI=1S/C23H26N8O2/c1-15-12-17(16(2)25-19-6-4-5-7-20(19)31-14-24-27-28-31)21-18(13-15)22(32)29(3)23(26-21)30-8-10-33-11-9-30/h4-7,12-14,16,25H,8-11H2,1-3H3. The minimum Gasteiger partial charge on any atom is -0.378 e. The highest BCUT2D eigenvalue weighted by Gasteiger charge is 2.21. The molecule has 33 heavy (non-hydrogen) atoms. The SMILES string of the molecule is Cc1cc(C(C)Nc2ccccc2-n2cnnn2)c2nc(N3CCOCC3)n(C)c(=O)c2c1. The fourth-order valence-electron chi connectivity index (χ4n) is 4.30. The molecule has 0 aliphatic carbocycles. The summed E-state index contributed by atoms with van der Waals surface area (Å²) in [5.41, 5.74) is 4.35. The van der Waals surface area contributed by atoms with Gasteiger partial charge in [-0.15, -0.1) is 5.10 Å². The van der Waals surface area contributed by atoms with Gasteiger partial charge < -0.3 is 15.0 Å². The molecule has 3 heterocycles. The largest absolute Gasteiger partial charge is 0.378 e. The molecule has 2 aromatic carbocycles. The molecule has 1 N–H and O–H groups in total. The Morgan fingerprint density at radius 3 is 2.70 bits per heavy atom. The van der Waals surface area contributed by atoms with E-state index in [0.717, 1.165) is 22.5 Å². The molecule has 10 heteroatoms. The van der Waals surface area contributed by atoms with Crippen LogP contribution in [0.3, 0.4) is 0 Å². The molecule has 1 saturated heterocycles. The van der Waals surface area contributed by atoms with Gasteiger partial charge in [0.05, 0.1) is 41.5 Å². The van der Waals surface area contributed by atoms with Crippen molar-refractivity contribution in [3.63, 3.8) is 0 Å². The average Bonchev–Trinajstić information content (AvgIpc) is 3.37. The molecule has 4 aromatic rings. The quantitative estimate of drug-likeness (QED) is 0.498. The Bertz CT molecular complexity index is 1340. The van der Waals surface area contributed by atoms with E-state index < -0.39 is 0 Å². The minimum atomic E-state index is -0.123. The number of ether oxygens (including phenoxy) is 1. The van der Waals surface area contributed by atoms with Gasteiger partial charge in [0.2, 0.25) is 5.95 Å². The summed E-state index contributed by atoms with van der Waals surface area (Å²) in [6.07, 6.45) is 1.56. The second kappa shape index (κ2) is 8.62. The minimum absolute atomic E-state index is 0.0484. The summed E-state index contributed by atoms with van der Waals surface area (Å²) in [6, 6.07) is 11.7. The van der Waals surface area contributed by atoms with Crippen LogP contribution >= 0.6 is 0 Å². The molecule has 2 aromatic heterocycles. The van der Waals surface area contributed by atoms with Crippen molar-refractivity contribution in [2.45, 2.75) is 19.9 Å². The predicted octanol–water partition coefficient (Wildman–Crippen LogP) is 2.23. The maximum absolute atomic E-state index is 13.3. The van der Waals surface area contributed by atoms with Crippen LogP contribution in [0.1, 0.15) is 24.1 Å². The number of nitrogens with zero attached hydrogens (tertiary/aromatic N) is 7. The summed E-state index contributed by atoms with van der Waals surface area (Å²) >= 11 is 0. The highest BCUT2D eigenvalue weighted by atomic mass is 16.5. The summed E-state index contributed by atoms with van der Waals surface area (Å²) < 4.78 is 8.74. The van der Waals surface area contributed by atoms with Crippen molar-refractivity contribution in [2.24, 2.45) is 7.05 Å². The van der Waals surface area contributed by atoms with Crippen LogP contribution in [0, 0.1) is 6.92 Å². The molecule has 1 aliphatic heterocycles. The molecular formula is C23H26N8O2. The van der Waals surface area contributed by atoms with Crippen molar-refractivity contribution in [3.05, 3.63) is 64.2 Å². The summed E-state index contributed by atoms with van der Waals surface area (Å²) in [6.45, 7) is 6.74. The van der Waals surface area contributed by atoms with Crippen molar-refractivity contribution < 1.29 is 4.74 Å². The van der Waals surface area contributed by atoms with E-state index in [0.29, 0.717) is 43.2 Å². The van der Waals surface area contributed by atoms with Crippen molar-refractivity contribution in [3.8, 4) is 5.69 Å². The van der Waals surface area contributed by atoms with E-state index in [1.165, 1.54) is 0 Å². The van der Waals surface area contributed by atoms with E-state index >= 15 is 0 Å². The van der Waals surface area contributed by atoms with Gasteiger partial charge in [-0.25, -0.2) is 4.98 Å². The monoisotopic (exact) mass is 446 g/mol. The van der Waals surface area contributed by atoms with Gasteiger partial charge in [0.15, 0.2) is 0 Å². The molecule has 5 rings (SSSR count). The molecule has 0 radical (unpaired) electrons. The first-order valence-electron chi connectivity index (χ1n) is 11.0. The molecular weight excluding hydrogens is 420 g/mol. The van der Waals surface area contributed by atoms with Gasteiger partial charge in [0, 0.05) is 25.7 Å². The Balaban J connectivity index is 1.59. The second-order valence-electron chi connectivity index (χ2n) is 8.26. The number of hydrogen-bond acceptors (Lipinski definition) is 8. The molecule has 1 atom stereocenters. The first kappa shape index (κ1) is 21.1. The Labute approximate surface area is 190 Å². The van der Waals surface area contributed by atoms with Gasteiger partial charge in [0.1, 0.15) is 6.33 Å². The van der Waals surface area contributed by atoms with Crippen LogP contribution in [0.4, 0.5) is 11.6 Å². The first-order chi connectivity index (χ1) is 16.0. The Morgan fingerprint density at radius 1 is 1.15 bits per heavy atom. The van der Waals surface area contributed by atoms with Gasteiger partial charge in [-0.05, 0) is 48.0 Å². The molecule has 0 saturated carbocycles. The summed E-state index contributed by atoms with van der Waals surface area (Å²) in [5, 5.41) is 15.7. The van der Waals surface area contributed by atoms with Gasteiger partial charge in [-0.3, -0.25) is 9.36 Å². The van der Waals surface area contributed by atoms with E-state index in [-0.39, 0.29) is 11.6 Å². The zero-order valence-corrected chi connectivity index (χ0v) is 18.9. The van der Waals surface area contributed by atoms with E-state index in [9.17, 15) is 4.79 Å². The molecule has 1 unspecified atom stereocenters. The Hall–Kier alpha value is -3.79. The molecule has 0 bridgehead atoms. The summed E-state index contributed by atoms with van der Waals surface area (Å²) in [4.78, 5) is 20.4. The lowest BCUT2D eigenvalue weighted by Crippen LogP contribution is -2.40. The first-order valence-corrected chi connectivity index (χ1v) is 11.0. The summed E-state index contributed by atoms with van der Waals surface area (Å²) in [7, 11) is 1.78. The number of para-hydroxylation sites is 2. The number of benzene rings is 2. The van der Waals surface area contributed by atoms with Crippen LogP contribution < -0.4 is 15.8 Å². The maximum atomic E-state index is 13.3. The number of hydrogen-bond donors (Lipinski definition) is 1. The van der Waals surface area contributed by atoms with Crippen LogP contribution in [-0.4, -0.2) is 56.1 Å². The fraction of sp³-hybridized carbons (Fsp3) is 0.348. The van der Waals surface area contributed by atoms with E-state index in [1.54, 1.807) is 22.6 Å². The topological polar surface area (TPSA) is 103 Å². The smallest absolute Gasteiger partial charge is 0.262 e. The predicted molar refractivity (Wildman–Crippen MR) is 126 cm³/mol. The maximum Gasteiger partial charge on any atom is 0.262 e. The third kappa shape index (κ3) is 3.93. The molecule has 1 aliphatic rings. The van der Waals surface area contributed by atoms with E-state index in [1.807, 2.05) is 37.3 Å². The number of tetrazole rings is 1. The number of rotatable bonds is 5. The van der Waals surface area contributed by atoms with Crippen LogP contribution in [0.5, 0.6) is 0 Å². The van der Waals surface area contributed by atoms with E-state index in [4.69, 9.17) is 9.72 Å². The third-order valence-corrected chi connectivity index (χ3v) is 5.96. The molecule has 10 nitrogen and oxygen atoms in total. The molecule has 1 fully saturated rings. The number of aromatic nitrogens is 6. The highest BCUT2D eigenvalue weighted by molar-refractivity contribution is 5.84. The van der Waals surface area contributed by atoms with Gasteiger partial charge >= 0.3 is 0 Å². The van der Waals surface area contributed by atoms with Crippen LogP contribution in [0.25, 0.3) is 16.6 Å². The van der Waals surface area contributed by atoms with Gasteiger partial charge in [0.25, 0.3) is 5.56 Å². The number of aryl methyl sites for hydroxylation is 1. The number of morpholine rings is 1. The van der Waals surface area contributed by atoms with Gasteiger partial charge in [-0.2, -0.15) is 4.68 Å². The summed E-state index contributed by atoms with van der Waals surface area (Å²) in [5.74, 6) is 0.669. The van der Waals surface area contributed by atoms with Crippen LogP contribution in [-0.2, 0) is 11.8 Å². The fourth-order valence-corrected chi connectivity index (χ4v) is 4.30. The number of anilines is 2. The van der Waals surface area contributed by atoms with Crippen molar-refractivity contribution in [1.29, 1.82) is 0 Å². The van der Waals surface area contributed by atoms with E-state index in [2.05, 4.69) is 38.7 Å². The third-order valence-electron chi connectivity index (χ3n) is 5.96. The molecule has 0 amide bonds. The second-order valence-corrected chi connectivity index (χ2v) is 8.26. The Morgan fingerprint density at radius 2 is 1.94 bits per heavy atom. The highest BCUT2D eigenvalue weighted by Crippen LogP contribution is 2.29. The normalized spacial score (nSPS) is 15.1.